The van der Waals surface area contributed by atoms with Crippen LogP contribution in [0.3, 0.4) is 0 Å². The Kier molecular flexibility index (Phi) is 5.39. The topological polar surface area (TPSA) is 49.8 Å². The van der Waals surface area contributed by atoms with Crippen LogP contribution in [-0.2, 0) is 6.42 Å². The molecule has 0 radical (unpaired) electrons. The first-order valence-corrected chi connectivity index (χ1v) is 7.65. The van der Waals surface area contributed by atoms with Gasteiger partial charge in [0.25, 0.3) is 0 Å². The normalized spacial score (nSPS) is 10.5. The number of halogens is 1. The highest BCUT2D eigenvalue weighted by Crippen LogP contribution is 2.26. The van der Waals surface area contributed by atoms with E-state index in [-0.39, 0.29) is 0 Å². The van der Waals surface area contributed by atoms with Crippen LogP contribution in [0.25, 0.3) is 0 Å². The fraction of sp³-hybridized carbons (Fsp3) is 0.375. The molecule has 0 amide bonds. The maximum atomic E-state index is 6.22. The molecule has 2 N–H and O–H groups in total. The molecule has 0 saturated carbocycles. The van der Waals surface area contributed by atoms with Gasteiger partial charge in [-0.15, -0.1) is 0 Å². The minimum absolute atomic E-state index is 0.681. The molecule has 2 rings (SSSR count). The fourth-order valence-electron chi connectivity index (χ4n) is 1.94. The van der Waals surface area contributed by atoms with Crippen molar-refractivity contribution in [2.75, 3.05) is 17.2 Å². The summed E-state index contributed by atoms with van der Waals surface area (Å²) in [4.78, 5) is 8.98. The van der Waals surface area contributed by atoms with E-state index in [1.165, 1.54) is 0 Å². The van der Waals surface area contributed by atoms with Gasteiger partial charge in [0, 0.05) is 19.0 Å². The van der Waals surface area contributed by atoms with Crippen LogP contribution in [0.1, 0.15) is 31.7 Å². The van der Waals surface area contributed by atoms with E-state index in [2.05, 4.69) is 27.5 Å². The first-order valence-electron chi connectivity index (χ1n) is 7.27. The Hall–Kier alpha value is -1.81. The average molecular weight is 305 g/mol. The molecular formula is C16H21ClN4. The van der Waals surface area contributed by atoms with Crippen molar-refractivity contribution >= 4 is 28.9 Å². The van der Waals surface area contributed by atoms with Gasteiger partial charge in [-0.3, -0.25) is 0 Å². The lowest BCUT2D eigenvalue weighted by atomic mass is 10.2. The molecule has 0 spiro atoms. The van der Waals surface area contributed by atoms with Crippen LogP contribution < -0.4 is 10.6 Å². The smallest absolute Gasteiger partial charge is 0.136 e. The van der Waals surface area contributed by atoms with E-state index >= 15 is 0 Å². The summed E-state index contributed by atoms with van der Waals surface area (Å²) in [5.74, 6) is 2.41. The van der Waals surface area contributed by atoms with Crippen molar-refractivity contribution in [1.29, 1.82) is 0 Å². The van der Waals surface area contributed by atoms with E-state index in [0.717, 1.165) is 48.1 Å². The number of nitrogens with zero attached hydrogens (tertiary/aromatic N) is 2. The summed E-state index contributed by atoms with van der Waals surface area (Å²) in [6, 6.07) is 7.79. The van der Waals surface area contributed by atoms with Gasteiger partial charge in [0.05, 0.1) is 10.7 Å². The summed E-state index contributed by atoms with van der Waals surface area (Å²) in [6.07, 6.45) is 1.84. The standard InChI is InChI=1S/C16H21ClN4/c1-4-8-18-15-10-16(21-14(5-2)20-15)19-13-9-11(3)6-7-12(13)17/h6-7,9-10H,4-5,8H2,1-3H3,(H2,18,19,20,21). The predicted molar refractivity (Wildman–Crippen MR) is 89.7 cm³/mol. The second-order valence-electron chi connectivity index (χ2n) is 4.94. The number of anilines is 3. The van der Waals surface area contributed by atoms with Crippen LogP contribution in [0.4, 0.5) is 17.3 Å². The lowest BCUT2D eigenvalue weighted by molar-refractivity contribution is 0.919. The Bertz CT molecular complexity index is 613. The minimum atomic E-state index is 0.681. The first kappa shape index (κ1) is 15.6. The van der Waals surface area contributed by atoms with E-state index in [0.29, 0.717) is 5.02 Å². The molecule has 1 heterocycles. The monoisotopic (exact) mass is 304 g/mol. The van der Waals surface area contributed by atoms with Gasteiger partial charge in [0.2, 0.25) is 0 Å². The Morgan fingerprint density at radius 1 is 1.10 bits per heavy atom. The third-order valence-corrected chi connectivity index (χ3v) is 3.36. The SMILES string of the molecule is CCCNc1cc(Nc2cc(C)ccc2Cl)nc(CC)n1. The van der Waals surface area contributed by atoms with Crippen molar-refractivity contribution < 1.29 is 0 Å². The van der Waals surface area contributed by atoms with Gasteiger partial charge in [-0.05, 0) is 31.0 Å². The molecule has 112 valence electrons. The van der Waals surface area contributed by atoms with Crippen LogP contribution in [0.15, 0.2) is 24.3 Å². The summed E-state index contributed by atoms with van der Waals surface area (Å²) in [5.41, 5.74) is 2.01. The van der Waals surface area contributed by atoms with Crippen LogP contribution in [0, 0.1) is 6.92 Å². The molecule has 4 nitrogen and oxygen atoms in total. The molecular weight excluding hydrogens is 284 g/mol. The molecule has 0 aliphatic rings. The van der Waals surface area contributed by atoms with Crippen molar-refractivity contribution in [2.24, 2.45) is 0 Å². The molecule has 1 aromatic carbocycles. The van der Waals surface area contributed by atoms with Crippen molar-refractivity contribution in [3.8, 4) is 0 Å². The van der Waals surface area contributed by atoms with Gasteiger partial charge in [-0.1, -0.05) is 31.5 Å². The highest BCUT2D eigenvalue weighted by atomic mass is 35.5. The number of nitrogens with one attached hydrogen (secondary N) is 2. The highest BCUT2D eigenvalue weighted by Gasteiger charge is 2.06. The number of rotatable bonds is 6. The molecule has 0 aliphatic heterocycles. The third kappa shape index (κ3) is 4.33. The Morgan fingerprint density at radius 2 is 1.86 bits per heavy atom. The lowest BCUT2D eigenvalue weighted by Crippen LogP contribution is -2.07. The van der Waals surface area contributed by atoms with Gasteiger partial charge in [-0.25, -0.2) is 9.97 Å². The number of hydrogen-bond donors (Lipinski definition) is 2. The zero-order chi connectivity index (χ0) is 15.2. The van der Waals surface area contributed by atoms with Crippen molar-refractivity contribution in [1.82, 2.24) is 9.97 Å². The minimum Gasteiger partial charge on any atom is -0.370 e. The Labute approximate surface area is 131 Å². The van der Waals surface area contributed by atoms with E-state index in [4.69, 9.17) is 11.6 Å². The maximum absolute atomic E-state index is 6.22. The van der Waals surface area contributed by atoms with Crippen LogP contribution in [-0.4, -0.2) is 16.5 Å². The van der Waals surface area contributed by atoms with Crippen molar-refractivity contribution in [2.45, 2.75) is 33.6 Å². The molecule has 0 atom stereocenters. The van der Waals surface area contributed by atoms with Gasteiger partial charge in [0.15, 0.2) is 0 Å². The molecule has 0 aliphatic carbocycles. The van der Waals surface area contributed by atoms with E-state index in [1.807, 2.05) is 38.1 Å². The van der Waals surface area contributed by atoms with Gasteiger partial charge in [0.1, 0.15) is 17.5 Å². The van der Waals surface area contributed by atoms with Crippen LogP contribution in [0.5, 0.6) is 0 Å². The summed E-state index contributed by atoms with van der Waals surface area (Å²) in [7, 11) is 0. The van der Waals surface area contributed by atoms with E-state index in [1.54, 1.807) is 0 Å². The number of benzene rings is 1. The van der Waals surface area contributed by atoms with E-state index in [9.17, 15) is 0 Å². The summed E-state index contributed by atoms with van der Waals surface area (Å²) < 4.78 is 0. The second-order valence-corrected chi connectivity index (χ2v) is 5.35. The number of aryl methyl sites for hydroxylation is 2. The molecule has 5 heteroatoms. The maximum Gasteiger partial charge on any atom is 0.136 e. The quantitative estimate of drug-likeness (QED) is 0.821. The Morgan fingerprint density at radius 3 is 2.57 bits per heavy atom. The van der Waals surface area contributed by atoms with Gasteiger partial charge in [-0.2, -0.15) is 0 Å². The zero-order valence-electron chi connectivity index (χ0n) is 12.7. The molecule has 2 aromatic rings. The van der Waals surface area contributed by atoms with Crippen molar-refractivity contribution in [3.63, 3.8) is 0 Å². The van der Waals surface area contributed by atoms with Crippen LogP contribution >= 0.6 is 11.6 Å². The zero-order valence-corrected chi connectivity index (χ0v) is 13.5. The summed E-state index contributed by atoms with van der Waals surface area (Å²) >= 11 is 6.22. The highest BCUT2D eigenvalue weighted by molar-refractivity contribution is 6.33. The summed E-state index contributed by atoms with van der Waals surface area (Å²) in [5, 5.41) is 7.26. The molecule has 1 aromatic heterocycles. The van der Waals surface area contributed by atoms with E-state index < -0.39 is 0 Å². The molecule has 0 saturated heterocycles. The Balaban J connectivity index is 2.27. The third-order valence-electron chi connectivity index (χ3n) is 3.03. The average Bonchev–Trinajstić information content (AvgIpc) is 2.48. The molecule has 0 bridgehead atoms. The number of aromatic nitrogens is 2. The number of hydrogen-bond acceptors (Lipinski definition) is 4. The molecule has 0 unspecified atom stereocenters. The largest absolute Gasteiger partial charge is 0.370 e. The predicted octanol–water partition coefficient (Wildman–Crippen LogP) is 4.57. The second kappa shape index (κ2) is 7.27. The fourth-order valence-corrected chi connectivity index (χ4v) is 2.10. The van der Waals surface area contributed by atoms with Crippen molar-refractivity contribution in [3.05, 3.63) is 40.7 Å². The molecule has 21 heavy (non-hydrogen) atoms. The first-order chi connectivity index (χ1) is 10.1. The lowest BCUT2D eigenvalue weighted by Gasteiger charge is -2.12. The summed E-state index contributed by atoms with van der Waals surface area (Å²) in [6.45, 7) is 7.10. The molecule has 0 fully saturated rings. The van der Waals surface area contributed by atoms with Crippen LogP contribution in [0.2, 0.25) is 5.02 Å². The van der Waals surface area contributed by atoms with Gasteiger partial charge >= 0.3 is 0 Å². The van der Waals surface area contributed by atoms with Gasteiger partial charge < -0.3 is 10.6 Å².